The van der Waals surface area contributed by atoms with Crippen molar-refractivity contribution in [1.29, 1.82) is 0 Å². The number of carbonyl (C=O) groups excluding carboxylic acids is 3. The summed E-state index contributed by atoms with van der Waals surface area (Å²) < 4.78 is 0. The fourth-order valence-electron chi connectivity index (χ4n) is 3.43. The normalized spacial score (nSPS) is 27.5. The lowest BCUT2D eigenvalue weighted by Crippen LogP contribution is -2.51. The summed E-state index contributed by atoms with van der Waals surface area (Å²) in [6, 6.07) is 0.275. The molecule has 7 heteroatoms. The van der Waals surface area contributed by atoms with E-state index in [-0.39, 0.29) is 29.8 Å². The first-order valence-corrected chi connectivity index (χ1v) is 7.75. The third kappa shape index (κ3) is 2.96. The molecule has 1 unspecified atom stereocenters. The highest BCUT2D eigenvalue weighted by Gasteiger charge is 2.34. The summed E-state index contributed by atoms with van der Waals surface area (Å²) in [4.78, 5) is 39.0. The summed E-state index contributed by atoms with van der Waals surface area (Å²) in [5.74, 6) is 0.117. The molecule has 0 bridgehead atoms. The first-order chi connectivity index (χ1) is 10.1. The molecule has 2 N–H and O–H groups in total. The zero-order valence-electron chi connectivity index (χ0n) is 12.1. The van der Waals surface area contributed by atoms with Gasteiger partial charge in [0.1, 0.15) is 0 Å². The molecule has 0 aromatic rings. The Morgan fingerprint density at radius 1 is 1.05 bits per heavy atom. The molecule has 3 rings (SSSR count). The molecule has 3 fully saturated rings. The van der Waals surface area contributed by atoms with Gasteiger partial charge < -0.3 is 20.4 Å². The maximum Gasteiger partial charge on any atom is 0.317 e. The first kappa shape index (κ1) is 14.2. The third-order valence-corrected chi connectivity index (χ3v) is 4.72. The van der Waals surface area contributed by atoms with E-state index in [1.54, 1.807) is 0 Å². The minimum Gasteiger partial charge on any atom is -0.355 e. The Bertz CT molecular complexity index is 436. The van der Waals surface area contributed by atoms with Gasteiger partial charge in [0.2, 0.25) is 11.8 Å². The highest BCUT2D eigenvalue weighted by atomic mass is 16.2. The van der Waals surface area contributed by atoms with Crippen LogP contribution < -0.4 is 10.6 Å². The Balaban J connectivity index is 1.50. The Labute approximate surface area is 124 Å². The van der Waals surface area contributed by atoms with E-state index in [1.807, 2.05) is 9.80 Å². The molecule has 7 nitrogen and oxygen atoms in total. The lowest BCUT2D eigenvalue weighted by Gasteiger charge is -2.38. The SMILES string of the molecule is O=C1CCC(C(=O)N2CCC(N3CCNC3=O)CC2)CN1. The van der Waals surface area contributed by atoms with Crippen LogP contribution in [0, 0.1) is 5.92 Å². The van der Waals surface area contributed by atoms with E-state index in [9.17, 15) is 14.4 Å². The Hall–Kier alpha value is -1.79. The Morgan fingerprint density at radius 3 is 2.38 bits per heavy atom. The molecule has 0 saturated carbocycles. The number of urea groups is 1. The van der Waals surface area contributed by atoms with Gasteiger partial charge in [-0.25, -0.2) is 4.79 Å². The average Bonchev–Trinajstić information content (AvgIpc) is 2.94. The standard InChI is InChI=1S/C14H22N4O3/c19-12-2-1-10(9-16-12)13(20)17-6-3-11(4-7-17)18-8-5-15-14(18)21/h10-11H,1-9H2,(H,15,21)(H,16,19). The summed E-state index contributed by atoms with van der Waals surface area (Å²) in [6.07, 6.45) is 2.79. The van der Waals surface area contributed by atoms with Crippen LogP contribution in [0.1, 0.15) is 25.7 Å². The minimum atomic E-state index is -0.0747. The van der Waals surface area contributed by atoms with Crippen molar-refractivity contribution in [2.45, 2.75) is 31.7 Å². The van der Waals surface area contributed by atoms with Gasteiger partial charge in [0.25, 0.3) is 0 Å². The second-order valence-electron chi connectivity index (χ2n) is 6.02. The van der Waals surface area contributed by atoms with Crippen LogP contribution in [0.25, 0.3) is 0 Å². The molecule has 3 aliphatic heterocycles. The van der Waals surface area contributed by atoms with Gasteiger partial charge in [0.05, 0.1) is 5.92 Å². The van der Waals surface area contributed by atoms with Crippen molar-refractivity contribution in [1.82, 2.24) is 20.4 Å². The first-order valence-electron chi connectivity index (χ1n) is 7.75. The minimum absolute atomic E-state index is 0.0229. The Morgan fingerprint density at radius 2 is 1.81 bits per heavy atom. The molecule has 0 aliphatic carbocycles. The maximum absolute atomic E-state index is 12.4. The predicted octanol–water partition coefficient (Wildman–Crippen LogP) is -0.471. The van der Waals surface area contributed by atoms with E-state index >= 15 is 0 Å². The molecule has 0 aromatic carbocycles. The number of nitrogens with zero attached hydrogens (tertiary/aromatic N) is 2. The fourth-order valence-corrected chi connectivity index (χ4v) is 3.43. The van der Waals surface area contributed by atoms with Crippen molar-refractivity contribution in [3.8, 4) is 0 Å². The van der Waals surface area contributed by atoms with Crippen molar-refractivity contribution in [2.24, 2.45) is 5.92 Å². The number of hydrogen-bond donors (Lipinski definition) is 2. The molecule has 0 spiro atoms. The largest absolute Gasteiger partial charge is 0.355 e. The van der Waals surface area contributed by atoms with E-state index in [2.05, 4.69) is 10.6 Å². The average molecular weight is 294 g/mol. The molecule has 3 aliphatic rings. The van der Waals surface area contributed by atoms with Crippen molar-refractivity contribution in [3.63, 3.8) is 0 Å². The summed E-state index contributed by atoms with van der Waals surface area (Å²) in [5.41, 5.74) is 0. The predicted molar refractivity (Wildman–Crippen MR) is 75.4 cm³/mol. The summed E-state index contributed by atoms with van der Waals surface area (Å²) in [6.45, 7) is 3.37. The van der Waals surface area contributed by atoms with Gasteiger partial charge in [-0.3, -0.25) is 9.59 Å². The molecule has 1 atom stereocenters. The monoisotopic (exact) mass is 294 g/mol. The highest BCUT2D eigenvalue weighted by Crippen LogP contribution is 2.21. The number of amides is 4. The molecule has 116 valence electrons. The van der Waals surface area contributed by atoms with Gasteiger partial charge in [-0.05, 0) is 19.3 Å². The van der Waals surface area contributed by atoms with Crippen LogP contribution in [0.4, 0.5) is 4.79 Å². The molecule has 4 amide bonds. The van der Waals surface area contributed by atoms with Gasteiger partial charge in [0, 0.05) is 45.2 Å². The third-order valence-electron chi connectivity index (χ3n) is 4.72. The molecule has 0 aromatic heterocycles. The lowest BCUT2D eigenvalue weighted by atomic mass is 9.95. The zero-order chi connectivity index (χ0) is 14.8. The Kier molecular flexibility index (Phi) is 3.98. The number of hydrogen-bond acceptors (Lipinski definition) is 3. The van der Waals surface area contributed by atoms with E-state index in [4.69, 9.17) is 0 Å². The molecule has 3 heterocycles. The summed E-state index contributed by atoms with van der Waals surface area (Å²) >= 11 is 0. The van der Waals surface area contributed by atoms with Gasteiger partial charge in [-0.15, -0.1) is 0 Å². The second-order valence-corrected chi connectivity index (χ2v) is 6.02. The van der Waals surface area contributed by atoms with E-state index in [0.29, 0.717) is 32.5 Å². The highest BCUT2D eigenvalue weighted by molar-refractivity contribution is 5.84. The van der Waals surface area contributed by atoms with Crippen molar-refractivity contribution >= 4 is 17.8 Å². The molecule has 0 radical (unpaired) electrons. The van der Waals surface area contributed by atoms with Crippen LogP contribution in [0.15, 0.2) is 0 Å². The van der Waals surface area contributed by atoms with Crippen LogP contribution in [0.2, 0.25) is 0 Å². The second kappa shape index (κ2) is 5.91. The van der Waals surface area contributed by atoms with Gasteiger partial charge in [-0.2, -0.15) is 0 Å². The zero-order valence-corrected chi connectivity index (χ0v) is 12.1. The molecular weight excluding hydrogens is 272 g/mol. The quantitative estimate of drug-likeness (QED) is 0.722. The van der Waals surface area contributed by atoms with Crippen molar-refractivity contribution in [2.75, 3.05) is 32.7 Å². The van der Waals surface area contributed by atoms with Gasteiger partial charge >= 0.3 is 6.03 Å². The number of nitrogens with one attached hydrogen (secondary N) is 2. The number of likely N-dealkylation sites (tertiary alicyclic amines) is 1. The number of rotatable bonds is 2. The van der Waals surface area contributed by atoms with Crippen LogP contribution in [-0.4, -0.2) is 66.4 Å². The molecule has 21 heavy (non-hydrogen) atoms. The smallest absolute Gasteiger partial charge is 0.317 e. The van der Waals surface area contributed by atoms with E-state index < -0.39 is 0 Å². The van der Waals surface area contributed by atoms with Gasteiger partial charge in [-0.1, -0.05) is 0 Å². The van der Waals surface area contributed by atoms with E-state index in [0.717, 1.165) is 25.9 Å². The topological polar surface area (TPSA) is 81.8 Å². The maximum atomic E-state index is 12.4. The fraction of sp³-hybridized carbons (Fsp3) is 0.786. The number of piperidine rings is 2. The lowest BCUT2D eigenvalue weighted by molar-refractivity contribution is -0.138. The van der Waals surface area contributed by atoms with Crippen molar-refractivity contribution in [3.05, 3.63) is 0 Å². The van der Waals surface area contributed by atoms with E-state index in [1.165, 1.54) is 0 Å². The van der Waals surface area contributed by atoms with Crippen LogP contribution >= 0.6 is 0 Å². The van der Waals surface area contributed by atoms with Crippen LogP contribution in [0.3, 0.4) is 0 Å². The van der Waals surface area contributed by atoms with Crippen LogP contribution in [0.5, 0.6) is 0 Å². The van der Waals surface area contributed by atoms with Gasteiger partial charge in [0.15, 0.2) is 0 Å². The van der Waals surface area contributed by atoms with Crippen molar-refractivity contribution < 1.29 is 14.4 Å². The summed E-state index contributed by atoms with van der Waals surface area (Å²) in [5, 5.41) is 5.59. The summed E-state index contributed by atoms with van der Waals surface area (Å²) in [7, 11) is 0. The molecular formula is C14H22N4O3. The number of carbonyl (C=O) groups is 3. The molecule has 3 saturated heterocycles. The van der Waals surface area contributed by atoms with Crippen LogP contribution in [-0.2, 0) is 9.59 Å².